The third-order valence-electron chi connectivity index (χ3n) is 7.67. The molecular weight excluding hydrogens is 566 g/mol. The van der Waals surface area contributed by atoms with Gasteiger partial charge in [0.25, 0.3) is 5.91 Å². The summed E-state index contributed by atoms with van der Waals surface area (Å²) in [4.78, 5) is 34.0. The maximum absolute atomic E-state index is 13.5. The minimum atomic E-state index is -3.43. The van der Waals surface area contributed by atoms with Gasteiger partial charge in [-0.3, -0.25) is 19.5 Å². The highest BCUT2D eigenvalue weighted by Crippen LogP contribution is 2.39. The minimum absolute atomic E-state index is 0.158. The number of thiazole rings is 1. The Bertz CT molecular complexity index is 1500. The normalized spacial score (nSPS) is 21.7. The molecule has 3 aromatic rings. The zero-order chi connectivity index (χ0) is 28.5. The summed E-state index contributed by atoms with van der Waals surface area (Å²) in [5.41, 5.74) is 1.74. The zero-order valence-electron chi connectivity index (χ0n) is 22.8. The maximum Gasteiger partial charge on any atom is 0.280 e. The number of nitrogens with one attached hydrogen (secondary N) is 2. The number of pyridine rings is 1. The summed E-state index contributed by atoms with van der Waals surface area (Å²) < 4.78 is 38.9. The number of rotatable bonds is 11. The molecule has 14 heteroatoms. The Labute approximate surface area is 243 Å². The van der Waals surface area contributed by atoms with Crippen molar-refractivity contribution in [2.75, 3.05) is 44.2 Å². The van der Waals surface area contributed by atoms with Gasteiger partial charge in [0.05, 0.1) is 53.2 Å². The van der Waals surface area contributed by atoms with E-state index < -0.39 is 16.1 Å². The number of ether oxygens (including phenoxy) is 2. The highest BCUT2D eigenvalue weighted by atomic mass is 32.2. The van der Waals surface area contributed by atoms with Crippen LogP contribution < -0.4 is 14.8 Å². The van der Waals surface area contributed by atoms with Crippen molar-refractivity contribution in [3.05, 3.63) is 47.6 Å². The fourth-order valence-corrected chi connectivity index (χ4v) is 7.51. The Morgan fingerprint density at radius 3 is 2.93 bits per heavy atom. The summed E-state index contributed by atoms with van der Waals surface area (Å²) in [5.74, 6) is 0.0628. The van der Waals surface area contributed by atoms with Crippen LogP contribution in [0.1, 0.15) is 54.1 Å². The topological polar surface area (TPSA) is 149 Å². The Kier molecular flexibility index (Phi) is 7.90. The van der Waals surface area contributed by atoms with Crippen LogP contribution in [0.15, 0.2) is 36.9 Å². The van der Waals surface area contributed by atoms with E-state index in [-0.39, 0.29) is 21.6 Å². The second-order valence-electron chi connectivity index (χ2n) is 10.8. The van der Waals surface area contributed by atoms with Gasteiger partial charge in [0.2, 0.25) is 15.9 Å². The lowest BCUT2D eigenvalue weighted by molar-refractivity contribution is 0.0922. The number of aromatic nitrogens is 4. The summed E-state index contributed by atoms with van der Waals surface area (Å²) in [7, 11) is -3.43. The number of likely N-dealkylation sites (tertiary alicyclic amines) is 1. The summed E-state index contributed by atoms with van der Waals surface area (Å²) in [6, 6.07) is 2.85. The number of amides is 1. The van der Waals surface area contributed by atoms with E-state index in [1.54, 1.807) is 30.7 Å². The van der Waals surface area contributed by atoms with Crippen LogP contribution in [0, 0.1) is 5.41 Å². The van der Waals surface area contributed by atoms with E-state index in [0.717, 1.165) is 39.1 Å². The summed E-state index contributed by atoms with van der Waals surface area (Å²) in [5, 5.41) is 3.05. The molecule has 2 atom stereocenters. The van der Waals surface area contributed by atoms with Crippen LogP contribution in [0.3, 0.4) is 0 Å². The van der Waals surface area contributed by atoms with Crippen molar-refractivity contribution in [3.8, 4) is 16.5 Å². The van der Waals surface area contributed by atoms with Gasteiger partial charge in [0.15, 0.2) is 5.01 Å². The van der Waals surface area contributed by atoms with Crippen LogP contribution in [0.2, 0.25) is 0 Å². The van der Waals surface area contributed by atoms with Gasteiger partial charge in [0, 0.05) is 37.5 Å². The SMILES string of the molecule is CCOc1cncc(-c2cnc(C(=O)N[C@@H](CN3CC[C@]4(CCOC4)C3)c3cc(NS(=O)(=O)C4CC4)ccn3)s2)n1. The zero-order valence-corrected chi connectivity index (χ0v) is 24.4. The van der Waals surface area contributed by atoms with E-state index in [2.05, 4.69) is 34.9 Å². The fraction of sp³-hybridized carbons (Fsp3) is 0.519. The number of hydrogen-bond acceptors (Lipinski definition) is 11. The van der Waals surface area contributed by atoms with Gasteiger partial charge in [-0.15, -0.1) is 11.3 Å². The Morgan fingerprint density at radius 2 is 2.15 bits per heavy atom. The molecule has 0 unspecified atom stereocenters. The van der Waals surface area contributed by atoms with E-state index >= 15 is 0 Å². The third-order valence-corrected chi connectivity index (χ3v) is 10.6. The van der Waals surface area contributed by atoms with E-state index in [9.17, 15) is 13.2 Å². The first-order valence-electron chi connectivity index (χ1n) is 13.8. The predicted octanol–water partition coefficient (Wildman–Crippen LogP) is 2.88. The molecule has 5 heterocycles. The van der Waals surface area contributed by atoms with Crippen molar-refractivity contribution in [2.24, 2.45) is 5.41 Å². The van der Waals surface area contributed by atoms with Crippen LogP contribution in [0.5, 0.6) is 5.88 Å². The second kappa shape index (κ2) is 11.6. The Hall–Kier alpha value is -3.20. The molecule has 3 aromatic heterocycles. The number of carbonyl (C=O) groups is 1. The van der Waals surface area contributed by atoms with Crippen LogP contribution in [0.25, 0.3) is 10.6 Å². The van der Waals surface area contributed by atoms with Crippen molar-refractivity contribution < 1.29 is 22.7 Å². The monoisotopic (exact) mass is 599 g/mol. The van der Waals surface area contributed by atoms with Gasteiger partial charge >= 0.3 is 0 Å². The van der Waals surface area contributed by atoms with Crippen molar-refractivity contribution >= 4 is 33.0 Å². The first-order chi connectivity index (χ1) is 19.8. The fourth-order valence-electron chi connectivity index (χ4n) is 5.36. The van der Waals surface area contributed by atoms with Crippen LogP contribution in [-0.4, -0.2) is 83.9 Å². The average Bonchev–Trinajstić information content (AvgIpc) is 3.36. The van der Waals surface area contributed by atoms with Gasteiger partial charge < -0.3 is 19.7 Å². The molecule has 3 aliphatic rings. The number of hydrogen-bond donors (Lipinski definition) is 2. The molecule has 1 saturated carbocycles. The molecule has 12 nitrogen and oxygen atoms in total. The van der Waals surface area contributed by atoms with Crippen molar-refractivity contribution in [1.82, 2.24) is 30.2 Å². The molecule has 2 N–H and O–H groups in total. The lowest BCUT2D eigenvalue weighted by Crippen LogP contribution is -2.38. The standard InChI is InChI=1S/C27H33N7O5S2/c1-2-39-24-14-28-12-21(31-24)23-13-30-26(40-23)25(35)32-22(15-34-9-6-27(16-34)7-10-38-17-27)20-11-18(5-8-29-20)33-41(36,37)19-3-4-19/h5,8,11-14,19,22H,2-4,6-7,9-10,15-17H2,1H3,(H,29,33)(H,32,35)/t22-,27-/m0/s1. The van der Waals surface area contributed by atoms with Crippen LogP contribution in [-0.2, 0) is 14.8 Å². The summed E-state index contributed by atoms with van der Waals surface area (Å²) in [6.45, 7) is 6.17. The van der Waals surface area contributed by atoms with Gasteiger partial charge in [-0.2, -0.15) is 0 Å². The first-order valence-corrected chi connectivity index (χ1v) is 16.2. The average molecular weight is 600 g/mol. The molecule has 0 aromatic carbocycles. The second-order valence-corrected chi connectivity index (χ2v) is 13.8. The summed E-state index contributed by atoms with van der Waals surface area (Å²) >= 11 is 1.21. The van der Waals surface area contributed by atoms with Gasteiger partial charge in [-0.25, -0.2) is 18.4 Å². The van der Waals surface area contributed by atoms with E-state index in [1.165, 1.54) is 17.5 Å². The van der Waals surface area contributed by atoms with Crippen molar-refractivity contribution in [3.63, 3.8) is 0 Å². The lowest BCUT2D eigenvalue weighted by Gasteiger charge is -2.26. The molecule has 3 fully saturated rings. The van der Waals surface area contributed by atoms with E-state index in [1.807, 2.05) is 6.92 Å². The van der Waals surface area contributed by atoms with E-state index in [0.29, 0.717) is 53.8 Å². The minimum Gasteiger partial charge on any atom is -0.477 e. The van der Waals surface area contributed by atoms with Crippen molar-refractivity contribution in [1.29, 1.82) is 0 Å². The number of sulfonamides is 1. The highest BCUT2D eigenvalue weighted by Gasteiger charge is 2.42. The smallest absolute Gasteiger partial charge is 0.280 e. The molecular formula is C27H33N7O5S2. The molecule has 6 rings (SSSR count). The molecule has 1 aliphatic carbocycles. The predicted molar refractivity (Wildman–Crippen MR) is 153 cm³/mol. The first kappa shape index (κ1) is 27.9. The van der Waals surface area contributed by atoms with Crippen LogP contribution in [0.4, 0.5) is 5.69 Å². The maximum atomic E-state index is 13.5. The van der Waals surface area contributed by atoms with Crippen LogP contribution >= 0.6 is 11.3 Å². The number of anilines is 1. The molecule has 2 aliphatic heterocycles. The Balaban J connectivity index is 1.22. The van der Waals surface area contributed by atoms with Gasteiger partial charge in [0.1, 0.15) is 5.69 Å². The number of nitrogens with zero attached hydrogens (tertiary/aromatic N) is 5. The molecule has 0 radical (unpaired) electrons. The number of carbonyl (C=O) groups excluding carboxylic acids is 1. The van der Waals surface area contributed by atoms with E-state index in [4.69, 9.17) is 9.47 Å². The molecule has 41 heavy (non-hydrogen) atoms. The summed E-state index contributed by atoms with van der Waals surface area (Å²) in [6.07, 6.45) is 9.73. The highest BCUT2D eigenvalue weighted by molar-refractivity contribution is 7.93. The lowest BCUT2D eigenvalue weighted by atomic mass is 9.87. The van der Waals surface area contributed by atoms with Gasteiger partial charge in [-0.05, 0) is 51.3 Å². The van der Waals surface area contributed by atoms with Crippen molar-refractivity contribution in [2.45, 2.75) is 43.9 Å². The molecule has 2 saturated heterocycles. The third kappa shape index (κ3) is 6.50. The Morgan fingerprint density at radius 1 is 1.27 bits per heavy atom. The molecule has 0 bridgehead atoms. The quantitative estimate of drug-likeness (QED) is 0.337. The molecule has 1 amide bonds. The largest absolute Gasteiger partial charge is 0.477 e. The van der Waals surface area contributed by atoms with Gasteiger partial charge in [-0.1, -0.05) is 0 Å². The molecule has 1 spiro atoms. The molecule has 218 valence electrons.